The van der Waals surface area contributed by atoms with Crippen LogP contribution in [0.25, 0.3) is 0 Å². The molecule has 0 radical (unpaired) electrons. The predicted octanol–water partition coefficient (Wildman–Crippen LogP) is 2.65. The Morgan fingerprint density at radius 1 is 1.28 bits per heavy atom. The number of aliphatic hydroxyl groups is 1. The molecule has 4 heteroatoms. The molecule has 0 saturated carbocycles. The third-order valence-electron chi connectivity index (χ3n) is 3.36. The van der Waals surface area contributed by atoms with Crippen LogP contribution in [0.2, 0.25) is 0 Å². The Hall–Kier alpha value is -0.770. The molecule has 1 aliphatic heterocycles. The van der Waals surface area contributed by atoms with E-state index in [-0.39, 0.29) is 18.1 Å². The molecule has 1 amide bonds. The summed E-state index contributed by atoms with van der Waals surface area (Å²) in [7, 11) is 0. The molecule has 0 spiro atoms. The summed E-state index contributed by atoms with van der Waals surface area (Å²) in [6.07, 6.45) is 1.22. The first-order chi connectivity index (χ1) is 8.20. The first kappa shape index (κ1) is 15.3. The Labute approximate surface area is 110 Å². The second-order valence-corrected chi connectivity index (χ2v) is 6.54. The Bertz CT molecular complexity index is 275. The fourth-order valence-electron chi connectivity index (χ4n) is 2.29. The van der Waals surface area contributed by atoms with Crippen molar-refractivity contribution in [2.24, 2.45) is 11.8 Å². The SMILES string of the molecule is CC(C)C(O)C1CCN(C(=O)OC(C)(C)C)CC1. The highest BCUT2D eigenvalue weighted by Gasteiger charge is 2.30. The van der Waals surface area contributed by atoms with Gasteiger partial charge < -0.3 is 14.7 Å². The van der Waals surface area contributed by atoms with Gasteiger partial charge in [-0.05, 0) is 45.4 Å². The molecule has 4 nitrogen and oxygen atoms in total. The Morgan fingerprint density at radius 2 is 1.78 bits per heavy atom. The number of rotatable bonds is 2. The third kappa shape index (κ3) is 4.48. The van der Waals surface area contributed by atoms with E-state index in [0.717, 1.165) is 12.8 Å². The third-order valence-corrected chi connectivity index (χ3v) is 3.36. The number of hydrogen-bond acceptors (Lipinski definition) is 3. The van der Waals surface area contributed by atoms with E-state index in [4.69, 9.17) is 4.74 Å². The van der Waals surface area contributed by atoms with Crippen molar-refractivity contribution >= 4 is 6.09 Å². The monoisotopic (exact) mass is 257 g/mol. The maximum Gasteiger partial charge on any atom is 0.410 e. The van der Waals surface area contributed by atoms with E-state index in [0.29, 0.717) is 19.0 Å². The Morgan fingerprint density at radius 3 is 2.17 bits per heavy atom. The second kappa shape index (κ2) is 5.91. The van der Waals surface area contributed by atoms with Crippen molar-refractivity contribution in [2.75, 3.05) is 13.1 Å². The summed E-state index contributed by atoms with van der Waals surface area (Å²) >= 11 is 0. The van der Waals surface area contributed by atoms with Crippen molar-refractivity contribution in [1.82, 2.24) is 4.90 Å². The van der Waals surface area contributed by atoms with Gasteiger partial charge in [-0.25, -0.2) is 4.79 Å². The molecule has 1 heterocycles. The zero-order valence-corrected chi connectivity index (χ0v) is 12.3. The quantitative estimate of drug-likeness (QED) is 0.827. The lowest BCUT2D eigenvalue weighted by Crippen LogP contribution is -2.44. The van der Waals surface area contributed by atoms with Crippen LogP contribution in [0, 0.1) is 11.8 Å². The van der Waals surface area contributed by atoms with Gasteiger partial charge in [-0.15, -0.1) is 0 Å². The van der Waals surface area contributed by atoms with E-state index in [1.54, 1.807) is 4.90 Å². The highest BCUT2D eigenvalue weighted by molar-refractivity contribution is 5.68. The molecule has 1 fully saturated rings. The van der Waals surface area contributed by atoms with E-state index in [2.05, 4.69) is 0 Å². The van der Waals surface area contributed by atoms with E-state index in [1.165, 1.54) is 0 Å². The normalized spacial score (nSPS) is 20.1. The van der Waals surface area contributed by atoms with E-state index in [9.17, 15) is 9.90 Å². The van der Waals surface area contributed by atoms with Crippen molar-refractivity contribution in [3.8, 4) is 0 Å². The summed E-state index contributed by atoms with van der Waals surface area (Å²) in [4.78, 5) is 13.6. The lowest BCUT2D eigenvalue weighted by Gasteiger charge is -2.36. The van der Waals surface area contributed by atoms with E-state index in [1.807, 2.05) is 34.6 Å². The number of likely N-dealkylation sites (tertiary alicyclic amines) is 1. The number of carbonyl (C=O) groups is 1. The molecule has 1 rings (SSSR count). The molecule has 0 bridgehead atoms. The van der Waals surface area contributed by atoms with Crippen molar-refractivity contribution in [3.63, 3.8) is 0 Å². The van der Waals surface area contributed by atoms with Crippen LogP contribution in [-0.2, 0) is 4.74 Å². The summed E-state index contributed by atoms with van der Waals surface area (Å²) < 4.78 is 5.34. The highest BCUT2D eigenvalue weighted by atomic mass is 16.6. The maximum atomic E-state index is 11.9. The molecular formula is C14H27NO3. The van der Waals surface area contributed by atoms with Crippen LogP contribution >= 0.6 is 0 Å². The van der Waals surface area contributed by atoms with Crippen molar-refractivity contribution in [2.45, 2.75) is 59.2 Å². The second-order valence-electron chi connectivity index (χ2n) is 6.54. The first-order valence-corrected chi connectivity index (χ1v) is 6.86. The number of amides is 1. The number of carbonyl (C=O) groups excluding carboxylic acids is 1. The van der Waals surface area contributed by atoms with Crippen molar-refractivity contribution in [1.29, 1.82) is 0 Å². The molecular weight excluding hydrogens is 230 g/mol. The summed E-state index contributed by atoms with van der Waals surface area (Å²) in [5, 5.41) is 10.0. The fourth-order valence-corrected chi connectivity index (χ4v) is 2.29. The highest BCUT2D eigenvalue weighted by Crippen LogP contribution is 2.25. The number of ether oxygens (including phenoxy) is 1. The number of piperidine rings is 1. The average molecular weight is 257 g/mol. The van der Waals surface area contributed by atoms with Crippen LogP contribution in [0.5, 0.6) is 0 Å². The lowest BCUT2D eigenvalue weighted by atomic mass is 9.86. The van der Waals surface area contributed by atoms with Gasteiger partial charge in [0.1, 0.15) is 5.60 Å². The van der Waals surface area contributed by atoms with Gasteiger partial charge in [-0.3, -0.25) is 0 Å². The van der Waals surface area contributed by atoms with Crippen LogP contribution in [0.3, 0.4) is 0 Å². The molecule has 1 aliphatic rings. The van der Waals surface area contributed by atoms with Crippen LogP contribution in [0.1, 0.15) is 47.5 Å². The number of aliphatic hydroxyl groups excluding tert-OH is 1. The predicted molar refractivity (Wildman–Crippen MR) is 71.4 cm³/mol. The van der Waals surface area contributed by atoms with Crippen LogP contribution in [0.15, 0.2) is 0 Å². The van der Waals surface area contributed by atoms with Gasteiger partial charge in [0.05, 0.1) is 6.10 Å². The summed E-state index contributed by atoms with van der Waals surface area (Å²) in [5.41, 5.74) is -0.439. The Balaban J connectivity index is 2.42. The van der Waals surface area contributed by atoms with E-state index < -0.39 is 5.60 Å². The summed E-state index contributed by atoms with van der Waals surface area (Å²) in [6, 6.07) is 0. The standard InChI is InChI=1S/C14H27NO3/c1-10(2)12(16)11-6-8-15(9-7-11)13(17)18-14(3,4)5/h10-12,16H,6-9H2,1-5H3. The topological polar surface area (TPSA) is 49.8 Å². The van der Waals surface area contributed by atoms with Crippen molar-refractivity contribution < 1.29 is 14.6 Å². The fraction of sp³-hybridized carbons (Fsp3) is 0.929. The molecule has 106 valence electrons. The molecule has 1 saturated heterocycles. The maximum absolute atomic E-state index is 11.9. The Kier molecular flexibility index (Phi) is 5.02. The molecule has 0 aromatic carbocycles. The molecule has 1 unspecified atom stereocenters. The van der Waals surface area contributed by atoms with Gasteiger partial charge in [0.15, 0.2) is 0 Å². The first-order valence-electron chi connectivity index (χ1n) is 6.86. The van der Waals surface area contributed by atoms with Crippen LogP contribution in [0.4, 0.5) is 4.79 Å². The molecule has 0 aromatic heterocycles. The minimum atomic E-state index is -0.439. The summed E-state index contributed by atoms with van der Waals surface area (Å²) in [5.74, 6) is 0.590. The smallest absolute Gasteiger partial charge is 0.410 e. The van der Waals surface area contributed by atoms with Gasteiger partial charge in [-0.2, -0.15) is 0 Å². The molecule has 1 N–H and O–H groups in total. The lowest BCUT2D eigenvalue weighted by molar-refractivity contribution is 0.000172. The largest absolute Gasteiger partial charge is 0.444 e. The zero-order chi connectivity index (χ0) is 13.9. The van der Waals surface area contributed by atoms with Crippen LogP contribution in [-0.4, -0.2) is 40.9 Å². The van der Waals surface area contributed by atoms with Gasteiger partial charge in [0, 0.05) is 13.1 Å². The summed E-state index contributed by atoms with van der Waals surface area (Å²) in [6.45, 7) is 11.1. The van der Waals surface area contributed by atoms with Crippen LogP contribution < -0.4 is 0 Å². The number of nitrogens with zero attached hydrogens (tertiary/aromatic N) is 1. The molecule has 1 atom stereocenters. The van der Waals surface area contributed by atoms with E-state index >= 15 is 0 Å². The average Bonchev–Trinajstić information content (AvgIpc) is 2.26. The zero-order valence-electron chi connectivity index (χ0n) is 12.3. The van der Waals surface area contributed by atoms with Gasteiger partial charge in [0.2, 0.25) is 0 Å². The van der Waals surface area contributed by atoms with Gasteiger partial charge >= 0.3 is 6.09 Å². The minimum absolute atomic E-state index is 0.236. The molecule has 18 heavy (non-hydrogen) atoms. The molecule has 0 aliphatic carbocycles. The van der Waals surface area contributed by atoms with Crippen molar-refractivity contribution in [3.05, 3.63) is 0 Å². The van der Waals surface area contributed by atoms with Gasteiger partial charge in [0.25, 0.3) is 0 Å². The number of hydrogen-bond donors (Lipinski definition) is 1. The minimum Gasteiger partial charge on any atom is -0.444 e. The van der Waals surface area contributed by atoms with Gasteiger partial charge in [-0.1, -0.05) is 13.8 Å². The molecule has 0 aromatic rings.